The van der Waals surface area contributed by atoms with E-state index >= 15 is 0 Å². The van der Waals surface area contributed by atoms with E-state index in [1.165, 1.54) is 6.07 Å². The van der Waals surface area contributed by atoms with Gasteiger partial charge in [0.05, 0.1) is 11.8 Å². The maximum absolute atomic E-state index is 13.9. The zero-order valence-corrected chi connectivity index (χ0v) is 11.0. The van der Waals surface area contributed by atoms with Gasteiger partial charge in [-0.2, -0.15) is 0 Å². The first-order valence-electron chi connectivity index (χ1n) is 6.34. The summed E-state index contributed by atoms with van der Waals surface area (Å²) < 4.78 is 20.3. The van der Waals surface area contributed by atoms with Crippen LogP contribution < -0.4 is 4.65 Å². The first kappa shape index (κ1) is 13.6. The van der Waals surface area contributed by atoms with Gasteiger partial charge in [0, 0.05) is 6.54 Å². The van der Waals surface area contributed by atoms with Gasteiger partial charge in [-0.05, 0) is 29.8 Å². The van der Waals surface area contributed by atoms with E-state index in [2.05, 4.69) is 4.98 Å². The quantitative estimate of drug-likeness (QED) is 0.714. The molecule has 21 heavy (non-hydrogen) atoms. The number of aromatic nitrogens is 2. The molecule has 0 radical (unpaired) electrons. The molecule has 0 aliphatic heterocycles. The van der Waals surface area contributed by atoms with Gasteiger partial charge in [-0.15, -0.1) is 0 Å². The number of rotatable bonds is 4. The first-order chi connectivity index (χ1) is 10.1. The van der Waals surface area contributed by atoms with E-state index in [1.807, 2.05) is 0 Å². The van der Waals surface area contributed by atoms with E-state index in [0.717, 1.165) is 5.56 Å². The molecule has 0 fully saturated rings. The molecule has 0 spiro atoms. The number of benzene rings is 2. The number of hydrogen-bond acceptors (Lipinski definition) is 4. The molecule has 0 saturated heterocycles. The largest absolute Gasteiger partial charge is 0.707 e. The minimum absolute atomic E-state index is 0.312. The Morgan fingerprint density at radius 3 is 2.62 bits per heavy atom. The highest BCUT2D eigenvalue weighted by Gasteiger charge is 2.11. The molecular weight excluding hydrogens is 274 g/mol. The lowest BCUT2D eigenvalue weighted by Crippen LogP contribution is -2.20. The number of hydrogen-bond donors (Lipinski definition) is 2. The van der Waals surface area contributed by atoms with Gasteiger partial charge >= 0.3 is 7.32 Å². The molecule has 3 aromatic rings. The van der Waals surface area contributed by atoms with Gasteiger partial charge in [0.25, 0.3) is 0 Å². The van der Waals surface area contributed by atoms with Crippen molar-refractivity contribution in [2.24, 2.45) is 0 Å². The molecule has 0 aliphatic rings. The van der Waals surface area contributed by atoms with Gasteiger partial charge in [-0.25, -0.2) is 9.37 Å². The Morgan fingerprint density at radius 2 is 1.90 bits per heavy atom. The van der Waals surface area contributed by atoms with Gasteiger partial charge < -0.3 is 19.3 Å². The van der Waals surface area contributed by atoms with Crippen LogP contribution in [0.2, 0.25) is 0 Å². The minimum atomic E-state index is -1.84. The summed E-state index contributed by atoms with van der Waals surface area (Å²) in [5.74, 6) is 0.0313. The highest BCUT2D eigenvalue weighted by Crippen LogP contribution is 2.19. The highest BCUT2D eigenvalue weighted by molar-refractivity contribution is 6.33. The predicted octanol–water partition coefficient (Wildman–Crippen LogP) is 1.57. The molecule has 2 aromatic carbocycles. The predicted molar refractivity (Wildman–Crippen MR) is 76.1 cm³/mol. The molecule has 7 heteroatoms. The van der Waals surface area contributed by atoms with Crippen LogP contribution >= 0.6 is 0 Å². The molecule has 0 saturated carbocycles. The smallest absolute Gasteiger partial charge is 0.512 e. The van der Waals surface area contributed by atoms with Crippen molar-refractivity contribution in [2.75, 3.05) is 0 Å². The number of nitrogens with zero attached hydrogens (tertiary/aromatic N) is 2. The van der Waals surface area contributed by atoms with Gasteiger partial charge in [0.1, 0.15) is 17.1 Å². The fourth-order valence-electron chi connectivity index (χ4n) is 2.19. The van der Waals surface area contributed by atoms with Crippen molar-refractivity contribution in [2.45, 2.75) is 6.54 Å². The van der Waals surface area contributed by atoms with Gasteiger partial charge in [-0.1, -0.05) is 18.2 Å². The maximum atomic E-state index is 13.9. The fourth-order valence-corrected chi connectivity index (χ4v) is 2.19. The van der Waals surface area contributed by atoms with E-state index in [-0.39, 0.29) is 5.82 Å². The summed E-state index contributed by atoms with van der Waals surface area (Å²) >= 11 is 0. The summed E-state index contributed by atoms with van der Waals surface area (Å²) in [6.07, 6.45) is 1.59. The third-order valence-corrected chi connectivity index (χ3v) is 3.11. The van der Waals surface area contributed by atoms with Crippen molar-refractivity contribution in [3.8, 4) is 5.75 Å². The average Bonchev–Trinajstić information content (AvgIpc) is 2.85. The summed E-state index contributed by atoms with van der Waals surface area (Å²) in [4.78, 5) is 4.16. The van der Waals surface area contributed by atoms with Crippen LogP contribution in [0.25, 0.3) is 11.0 Å². The van der Waals surface area contributed by atoms with Crippen LogP contribution in [0.3, 0.4) is 0 Å². The summed E-state index contributed by atoms with van der Waals surface area (Å²) in [6, 6.07) is 11.6. The van der Waals surface area contributed by atoms with Crippen LogP contribution in [0, 0.1) is 5.82 Å². The molecule has 5 nitrogen and oxygen atoms in total. The second kappa shape index (κ2) is 5.55. The molecule has 0 unspecified atom stereocenters. The molecule has 1 heterocycles. The van der Waals surface area contributed by atoms with Crippen LogP contribution in [0.4, 0.5) is 4.39 Å². The van der Waals surface area contributed by atoms with Crippen molar-refractivity contribution in [3.63, 3.8) is 0 Å². The van der Waals surface area contributed by atoms with Crippen molar-refractivity contribution in [1.82, 2.24) is 9.55 Å². The van der Waals surface area contributed by atoms with E-state index < -0.39 is 7.32 Å². The first-order valence-corrected chi connectivity index (χ1v) is 6.34. The average molecular weight is 286 g/mol. The Hall–Kier alpha value is -2.38. The molecule has 106 valence electrons. The van der Waals surface area contributed by atoms with Crippen LogP contribution in [0.5, 0.6) is 5.75 Å². The van der Waals surface area contributed by atoms with Crippen LogP contribution in [0.1, 0.15) is 5.56 Å². The lowest BCUT2D eigenvalue weighted by Gasteiger charge is -2.08. The normalized spacial score (nSPS) is 10.8. The zero-order valence-electron chi connectivity index (χ0n) is 11.0. The van der Waals surface area contributed by atoms with E-state index in [1.54, 1.807) is 47.3 Å². The van der Waals surface area contributed by atoms with Crippen molar-refractivity contribution < 1.29 is 19.1 Å². The van der Waals surface area contributed by atoms with Crippen molar-refractivity contribution >= 4 is 18.4 Å². The Balaban J connectivity index is 1.85. The summed E-state index contributed by atoms with van der Waals surface area (Å²) in [5.41, 5.74) is 1.99. The van der Waals surface area contributed by atoms with Crippen LogP contribution in [-0.4, -0.2) is 26.9 Å². The number of para-hydroxylation sites is 1. The number of fused-ring (bicyclic) bond motifs is 1. The third-order valence-electron chi connectivity index (χ3n) is 3.11. The fraction of sp³-hybridized carbons (Fsp3) is 0.0714. The Labute approximate surface area is 120 Å². The second-order valence-corrected chi connectivity index (χ2v) is 4.57. The van der Waals surface area contributed by atoms with Crippen LogP contribution in [0.15, 0.2) is 48.8 Å². The molecule has 0 atom stereocenters. The minimum Gasteiger partial charge on any atom is -0.512 e. The molecular formula is C14H12BFN2O3. The topological polar surface area (TPSA) is 67.5 Å². The summed E-state index contributed by atoms with van der Waals surface area (Å²) in [6.45, 7) is 0.458. The summed E-state index contributed by atoms with van der Waals surface area (Å²) in [5, 5.41) is 17.4. The molecule has 3 rings (SSSR count). The van der Waals surface area contributed by atoms with Crippen molar-refractivity contribution in [1.29, 1.82) is 0 Å². The molecule has 0 bridgehead atoms. The lowest BCUT2D eigenvalue weighted by molar-refractivity contribution is 0.288. The number of halogens is 1. The lowest BCUT2D eigenvalue weighted by atomic mass is 10.2. The second-order valence-electron chi connectivity index (χ2n) is 4.57. The SMILES string of the molecule is OB(O)Oc1ccc(Cn2cnc3cccc(F)c32)cc1. The number of imidazole rings is 1. The molecule has 0 amide bonds. The van der Waals surface area contributed by atoms with E-state index in [0.29, 0.717) is 23.3 Å². The van der Waals surface area contributed by atoms with Crippen LogP contribution in [-0.2, 0) is 6.54 Å². The van der Waals surface area contributed by atoms with Gasteiger partial charge in [0.15, 0.2) is 0 Å². The third kappa shape index (κ3) is 2.88. The van der Waals surface area contributed by atoms with E-state index in [4.69, 9.17) is 14.7 Å². The highest BCUT2D eigenvalue weighted by atomic mass is 19.1. The summed E-state index contributed by atoms with van der Waals surface area (Å²) in [7, 11) is -1.84. The van der Waals surface area contributed by atoms with Gasteiger partial charge in [0.2, 0.25) is 0 Å². The Kier molecular flexibility index (Phi) is 3.59. The standard InChI is InChI=1S/C14H12BFN2O3/c16-12-2-1-3-13-14(12)18(9-17-13)8-10-4-6-11(7-5-10)21-15(19)20/h1-7,9,19-20H,8H2. The van der Waals surface area contributed by atoms with E-state index in [9.17, 15) is 4.39 Å². The monoisotopic (exact) mass is 286 g/mol. The Morgan fingerprint density at radius 1 is 1.14 bits per heavy atom. The molecule has 2 N–H and O–H groups in total. The van der Waals surface area contributed by atoms with Crippen molar-refractivity contribution in [3.05, 3.63) is 60.2 Å². The Bertz CT molecular complexity index is 759. The molecule has 0 aliphatic carbocycles. The zero-order chi connectivity index (χ0) is 14.8. The van der Waals surface area contributed by atoms with Gasteiger partial charge in [-0.3, -0.25) is 0 Å². The molecule has 1 aromatic heterocycles. The maximum Gasteiger partial charge on any atom is 0.707 e.